The van der Waals surface area contributed by atoms with Crippen LogP contribution in [0.5, 0.6) is 0 Å². The van der Waals surface area contributed by atoms with Crippen LogP contribution >= 0.6 is 24.0 Å². The number of carbonyl (C=O) groups excluding carboxylic acids is 1. The first-order chi connectivity index (χ1) is 12.1. The molecule has 6 heteroatoms. The zero-order valence-corrected chi connectivity index (χ0v) is 17.4. The molecule has 1 unspecified atom stereocenters. The zero-order chi connectivity index (χ0) is 17.6. The number of guanidine groups is 1. The number of aliphatic imine (C=N–C) groups is 1. The Morgan fingerprint density at radius 1 is 1.12 bits per heavy atom. The molecular formula is C20H25IN4O. The van der Waals surface area contributed by atoms with Crippen molar-refractivity contribution in [1.82, 2.24) is 10.2 Å². The highest BCUT2D eigenvalue weighted by Gasteiger charge is 2.29. The maximum absolute atomic E-state index is 12.2. The molecule has 26 heavy (non-hydrogen) atoms. The summed E-state index contributed by atoms with van der Waals surface area (Å²) in [5.41, 5.74) is 3.19. The highest BCUT2D eigenvalue weighted by atomic mass is 127. The maximum atomic E-state index is 12.2. The lowest BCUT2D eigenvalue weighted by molar-refractivity contribution is -0.117. The lowest BCUT2D eigenvalue weighted by Gasteiger charge is -2.18. The average molecular weight is 464 g/mol. The molecule has 1 aliphatic rings. The van der Waals surface area contributed by atoms with Crippen LogP contribution in [-0.2, 0) is 11.3 Å². The van der Waals surface area contributed by atoms with E-state index in [0.29, 0.717) is 13.1 Å². The van der Waals surface area contributed by atoms with Crippen LogP contribution in [0.4, 0.5) is 5.69 Å². The summed E-state index contributed by atoms with van der Waals surface area (Å²) in [4.78, 5) is 18.8. The second kappa shape index (κ2) is 9.56. The molecule has 2 aromatic rings. The largest absolute Gasteiger partial charge is 0.356 e. The highest BCUT2D eigenvalue weighted by molar-refractivity contribution is 14.0. The molecule has 1 atom stereocenters. The molecule has 2 N–H and O–H groups in total. The van der Waals surface area contributed by atoms with E-state index in [0.717, 1.165) is 23.6 Å². The van der Waals surface area contributed by atoms with Crippen molar-refractivity contribution in [1.29, 1.82) is 0 Å². The lowest BCUT2D eigenvalue weighted by atomic mass is 9.97. The molecule has 0 aliphatic carbocycles. The van der Waals surface area contributed by atoms with E-state index in [9.17, 15) is 4.79 Å². The number of anilines is 1. The van der Waals surface area contributed by atoms with E-state index >= 15 is 0 Å². The second-order valence-corrected chi connectivity index (χ2v) is 6.36. The molecule has 138 valence electrons. The first kappa shape index (κ1) is 20.2. The van der Waals surface area contributed by atoms with Gasteiger partial charge in [0.25, 0.3) is 0 Å². The summed E-state index contributed by atoms with van der Waals surface area (Å²) in [6, 6.07) is 18.1. The smallest absolute Gasteiger partial charge is 0.232 e. The molecule has 1 heterocycles. The molecule has 1 aliphatic heterocycles. The highest BCUT2D eigenvalue weighted by Crippen LogP contribution is 2.33. The Labute approximate surface area is 171 Å². The van der Waals surface area contributed by atoms with Gasteiger partial charge in [-0.2, -0.15) is 0 Å². The molecule has 0 saturated heterocycles. The second-order valence-electron chi connectivity index (χ2n) is 6.36. The summed E-state index contributed by atoms with van der Waals surface area (Å²) >= 11 is 0. The minimum Gasteiger partial charge on any atom is -0.356 e. The molecule has 0 spiro atoms. The number of para-hydroxylation sites is 1. The van der Waals surface area contributed by atoms with Gasteiger partial charge in [-0.05, 0) is 23.6 Å². The number of carbonyl (C=O) groups is 1. The third kappa shape index (κ3) is 4.97. The standard InChI is InChI=1S/C20H24N4O.HI/c1-24(2)20(22-14-15-8-4-3-5-9-15)21-13-12-17-16-10-6-7-11-18(16)23-19(17)25;/h3-11,17H,12-14H2,1-2H3,(H,21,22)(H,23,25);1H. The first-order valence-electron chi connectivity index (χ1n) is 8.54. The predicted molar refractivity (Wildman–Crippen MR) is 117 cm³/mol. The van der Waals surface area contributed by atoms with Crippen LogP contribution in [0.3, 0.4) is 0 Å². The number of amides is 1. The van der Waals surface area contributed by atoms with Crippen molar-refractivity contribution < 1.29 is 4.79 Å². The minimum absolute atomic E-state index is 0. The van der Waals surface area contributed by atoms with Gasteiger partial charge in [0.05, 0.1) is 12.5 Å². The Balaban J connectivity index is 0.00000243. The average Bonchev–Trinajstić information content (AvgIpc) is 2.94. The van der Waals surface area contributed by atoms with Crippen molar-refractivity contribution in [2.24, 2.45) is 4.99 Å². The molecule has 1 amide bonds. The van der Waals surface area contributed by atoms with E-state index in [2.05, 4.69) is 27.8 Å². The van der Waals surface area contributed by atoms with E-state index in [1.165, 1.54) is 5.56 Å². The van der Waals surface area contributed by atoms with Gasteiger partial charge in [0.15, 0.2) is 5.96 Å². The van der Waals surface area contributed by atoms with Crippen molar-refractivity contribution >= 4 is 41.5 Å². The van der Waals surface area contributed by atoms with E-state index in [4.69, 9.17) is 0 Å². The summed E-state index contributed by atoms with van der Waals surface area (Å²) in [6.45, 7) is 1.33. The van der Waals surface area contributed by atoms with Crippen LogP contribution in [0, 0.1) is 0 Å². The zero-order valence-electron chi connectivity index (χ0n) is 15.1. The third-order valence-corrected chi connectivity index (χ3v) is 4.30. The maximum Gasteiger partial charge on any atom is 0.232 e. The van der Waals surface area contributed by atoms with Crippen molar-refractivity contribution in [3.63, 3.8) is 0 Å². The van der Waals surface area contributed by atoms with E-state index in [1.54, 1.807) is 0 Å². The Hall–Kier alpha value is -2.09. The number of fused-ring (bicyclic) bond motifs is 1. The van der Waals surface area contributed by atoms with Crippen LogP contribution in [0.15, 0.2) is 59.6 Å². The van der Waals surface area contributed by atoms with Gasteiger partial charge in [-0.3, -0.25) is 4.79 Å². The Bertz CT molecular complexity index is 761. The summed E-state index contributed by atoms with van der Waals surface area (Å²) in [5.74, 6) is 0.812. The van der Waals surface area contributed by atoms with Crippen LogP contribution in [0.25, 0.3) is 0 Å². The molecular weight excluding hydrogens is 439 g/mol. The fraction of sp³-hybridized carbons (Fsp3) is 0.300. The van der Waals surface area contributed by atoms with E-state index in [-0.39, 0.29) is 35.8 Å². The topological polar surface area (TPSA) is 56.7 Å². The van der Waals surface area contributed by atoms with Gasteiger partial charge in [-0.25, -0.2) is 4.99 Å². The summed E-state index contributed by atoms with van der Waals surface area (Å²) < 4.78 is 0. The lowest BCUT2D eigenvalue weighted by Crippen LogP contribution is -2.37. The number of hydrogen-bond acceptors (Lipinski definition) is 2. The van der Waals surface area contributed by atoms with Gasteiger partial charge >= 0.3 is 0 Å². The molecule has 0 fully saturated rings. The third-order valence-electron chi connectivity index (χ3n) is 4.30. The van der Waals surface area contributed by atoms with Gasteiger partial charge in [-0.1, -0.05) is 48.5 Å². The number of nitrogens with zero attached hydrogens (tertiary/aromatic N) is 2. The molecule has 3 rings (SSSR count). The number of hydrogen-bond donors (Lipinski definition) is 2. The Morgan fingerprint density at radius 3 is 2.54 bits per heavy atom. The van der Waals surface area contributed by atoms with Gasteiger partial charge in [0.1, 0.15) is 0 Å². The van der Waals surface area contributed by atoms with Gasteiger partial charge in [-0.15, -0.1) is 24.0 Å². The molecule has 0 radical (unpaired) electrons. The van der Waals surface area contributed by atoms with Crippen LogP contribution in [-0.4, -0.2) is 37.4 Å². The Kier molecular flexibility index (Phi) is 7.44. The number of halogens is 1. The van der Waals surface area contributed by atoms with Crippen LogP contribution in [0.1, 0.15) is 23.5 Å². The molecule has 0 bridgehead atoms. The van der Waals surface area contributed by atoms with Crippen molar-refractivity contribution in [2.75, 3.05) is 26.0 Å². The van der Waals surface area contributed by atoms with Crippen LogP contribution in [0.2, 0.25) is 0 Å². The summed E-state index contributed by atoms with van der Waals surface area (Å²) in [5, 5.41) is 6.31. The number of benzene rings is 2. The first-order valence-corrected chi connectivity index (χ1v) is 8.54. The molecule has 0 aromatic heterocycles. The monoisotopic (exact) mass is 464 g/mol. The number of nitrogens with one attached hydrogen (secondary N) is 2. The SMILES string of the molecule is CN(C)C(=NCc1ccccc1)NCCC1C(=O)Nc2ccccc21.I. The Morgan fingerprint density at radius 2 is 1.81 bits per heavy atom. The van der Waals surface area contributed by atoms with Crippen LogP contribution < -0.4 is 10.6 Å². The predicted octanol–water partition coefficient (Wildman–Crippen LogP) is 3.44. The number of rotatable bonds is 5. The quantitative estimate of drug-likeness (QED) is 0.405. The fourth-order valence-electron chi connectivity index (χ4n) is 3.00. The molecule has 0 saturated carbocycles. The van der Waals surface area contributed by atoms with Crippen molar-refractivity contribution in [2.45, 2.75) is 18.9 Å². The van der Waals surface area contributed by atoms with Gasteiger partial charge in [0.2, 0.25) is 5.91 Å². The van der Waals surface area contributed by atoms with Crippen molar-refractivity contribution in [3.05, 3.63) is 65.7 Å². The van der Waals surface area contributed by atoms with E-state index in [1.807, 2.05) is 61.5 Å². The van der Waals surface area contributed by atoms with Gasteiger partial charge < -0.3 is 15.5 Å². The minimum atomic E-state index is -0.0961. The van der Waals surface area contributed by atoms with E-state index < -0.39 is 0 Å². The normalized spacial score (nSPS) is 15.7. The summed E-state index contributed by atoms with van der Waals surface area (Å²) in [7, 11) is 3.93. The fourth-order valence-corrected chi connectivity index (χ4v) is 3.00. The summed E-state index contributed by atoms with van der Waals surface area (Å²) in [6.07, 6.45) is 0.737. The molecule has 5 nitrogen and oxygen atoms in total. The van der Waals surface area contributed by atoms with Gasteiger partial charge in [0, 0.05) is 26.3 Å². The molecule has 2 aromatic carbocycles. The van der Waals surface area contributed by atoms with Crippen molar-refractivity contribution in [3.8, 4) is 0 Å².